The fraction of sp³-hybridized carbons (Fsp3) is 0.800. The van der Waals surface area contributed by atoms with Crippen molar-refractivity contribution in [3.63, 3.8) is 0 Å². The molecule has 1 unspecified atom stereocenters. The van der Waals surface area contributed by atoms with Crippen molar-refractivity contribution in [3.05, 3.63) is 16.1 Å². The Kier molecular flexibility index (Phi) is 6.42. The van der Waals surface area contributed by atoms with Gasteiger partial charge in [0.1, 0.15) is 5.01 Å². The monoisotopic (exact) mass is 296 g/mol. The lowest BCUT2D eigenvalue weighted by atomic mass is 10.2. The Morgan fingerprint density at radius 1 is 1.50 bits per heavy atom. The van der Waals surface area contributed by atoms with E-state index in [0.29, 0.717) is 6.04 Å². The first-order valence-electron chi connectivity index (χ1n) is 7.71. The van der Waals surface area contributed by atoms with Crippen molar-refractivity contribution in [1.29, 1.82) is 0 Å². The molecule has 0 aliphatic carbocycles. The SMILES string of the molecule is CCCNCc1nc(CN2CCCC2CN(C)C)cs1. The minimum Gasteiger partial charge on any atom is -0.310 e. The Morgan fingerprint density at radius 2 is 2.35 bits per heavy atom. The number of aromatic nitrogens is 1. The standard InChI is InChI=1S/C15H28N4S/c1-4-7-16-9-15-17-13(12-20-15)10-19-8-5-6-14(19)11-18(2)3/h12,14,16H,4-11H2,1-3H3. The van der Waals surface area contributed by atoms with Gasteiger partial charge in [-0.3, -0.25) is 4.90 Å². The topological polar surface area (TPSA) is 31.4 Å². The Balaban J connectivity index is 1.83. The van der Waals surface area contributed by atoms with Gasteiger partial charge in [-0.15, -0.1) is 11.3 Å². The lowest BCUT2D eigenvalue weighted by molar-refractivity contribution is 0.199. The Morgan fingerprint density at radius 3 is 3.10 bits per heavy atom. The first-order valence-corrected chi connectivity index (χ1v) is 8.59. The molecule has 1 N–H and O–H groups in total. The molecule has 0 radical (unpaired) electrons. The van der Waals surface area contributed by atoms with Gasteiger partial charge >= 0.3 is 0 Å². The number of thiazole rings is 1. The molecule has 1 aliphatic heterocycles. The molecule has 1 fully saturated rings. The van der Waals surface area contributed by atoms with Crippen LogP contribution in [0.4, 0.5) is 0 Å². The van der Waals surface area contributed by atoms with Gasteiger partial charge in [0.05, 0.1) is 5.69 Å². The minimum atomic E-state index is 0.702. The first kappa shape index (κ1) is 15.9. The number of rotatable bonds is 8. The second-order valence-electron chi connectivity index (χ2n) is 5.94. The lowest BCUT2D eigenvalue weighted by Crippen LogP contribution is -2.37. The molecule has 1 aromatic heterocycles. The molecule has 0 saturated carbocycles. The van der Waals surface area contributed by atoms with Crippen molar-refractivity contribution in [2.45, 2.75) is 45.3 Å². The summed E-state index contributed by atoms with van der Waals surface area (Å²) in [5, 5.41) is 6.87. The molecule has 4 nitrogen and oxygen atoms in total. The number of likely N-dealkylation sites (tertiary alicyclic amines) is 1. The van der Waals surface area contributed by atoms with Gasteiger partial charge in [0.15, 0.2) is 0 Å². The van der Waals surface area contributed by atoms with Crippen LogP contribution in [0.15, 0.2) is 5.38 Å². The maximum atomic E-state index is 4.76. The fourth-order valence-electron chi connectivity index (χ4n) is 2.81. The van der Waals surface area contributed by atoms with E-state index >= 15 is 0 Å². The molecule has 2 rings (SSSR count). The molecular weight excluding hydrogens is 268 g/mol. The van der Waals surface area contributed by atoms with E-state index < -0.39 is 0 Å². The molecule has 0 aromatic carbocycles. The number of nitrogens with one attached hydrogen (secondary N) is 1. The van der Waals surface area contributed by atoms with Gasteiger partial charge in [-0.2, -0.15) is 0 Å². The fourth-order valence-corrected chi connectivity index (χ4v) is 3.57. The predicted octanol–water partition coefficient (Wildman–Crippen LogP) is 2.17. The van der Waals surface area contributed by atoms with E-state index in [0.717, 1.165) is 26.2 Å². The zero-order valence-corrected chi connectivity index (χ0v) is 13.9. The quantitative estimate of drug-likeness (QED) is 0.745. The van der Waals surface area contributed by atoms with Gasteiger partial charge in [-0.1, -0.05) is 6.92 Å². The number of likely N-dealkylation sites (N-methyl/N-ethyl adjacent to an activating group) is 1. The Labute approximate surface area is 127 Å². The summed E-state index contributed by atoms with van der Waals surface area (Å²) in [5.41, 5.74) is 1.24. The lowest BCUT2D eigenvalue weighted by Gasteiger charge is -2.26. The molecular formula is C15H28N4S. The summed E-state index contributed by atoms with van der Waals surface area (Å²) in [7, 11) is 4.33. The molecule has 5 heteroatoms. The number of hydrogen-bond donors (Lipinski definition) is 1. The zero-order valence-electron chi connectivity index (χ0n) is 13.1. The molecule has 0 spiro atoms. The van der Waals surface area contributed by atoms with Crippen molar-refractivity contribution < 1.29 is 0 Å². The smallest absolute Gasteiger partial charge is 0.107 e. The highest BCUT2D eigenvalue weighted by molar-refractivity contribution is 7.09. The Hall–Kier alpha value is -0.490. The van der Waals surface area contributed by atoms with Crippen molar-refractivity contribution in [2.75, 3.05) is 33.7 Å². The van der Waals surface area contributed by atoms with Crippen molar-refractivity contribution in [2.24, 2.45) is 0 Å². The van der Waals surface area contributed by atoms with Crippen LogP contribution in [0.2, 0.25) is 0 Å². The first-order chi connectivity index (χ1) is 9.69. The van der Waals surface area contributed by atoms with E-state index in [1.54, 1.807) is 11.3 Å². The van der Waals surface area contributed by atoms with Crippen LogP contribution in [-0.2, 0) is 13.1 Å². The number of nitrogens with zero attached hydrogens (tertiary/aromatic N) is 3. The van der Waals surface area contributed by atoms with Gasteiger partial charge in [0, 0.05) is 31.1 Å². The molecule has 1 saturated heterocycles. The van der Waals surface area contributed by atoms with Crippen LogP contribution < -0.4 is 5.32 Å². The Bertz CT molecular complexity index is 391. The third kappa shape index (κ3) is 4.81. The van der Waals surface area contributed by atoms with E-state index in [9.17, 15) is 0 Å². The average Bonchev–Trinajstić information content (AvgIpc) is 3.00. The highest BCUT2D eigenvalue weighted by Gasteiger charge is 2.25. The van der Waals surface area contributed by atoms with E-state index in [2.05, 4.69) is 41.5 Å². The van der Waals surface area contributed by atoms with Gasteiger partial charge in [0.2, 0.25) is 0 Å². The normalized spacial score (nSPS) is 20.1. The maximum Gasteiger partial charge on any atom is 0.107 e. The summed E-state index contributed by atoms with van der Waals surface area (Å²) in [6.45, 7) is 7.58. The van der Waals surface area contributed by atoms with E-state index in [1.165, 1.54) is 36.5 Å². The summed E-state index contributed by atoms with van der Waals surface area (Å²) >= 11 is 1.79. The molecule has 0 amide bonds. The third-order valence-corrected chi connectivity index (χ3v) is 4.64. The van der Waals surface area contributed by atoms with Gasteiger partial charge in [-0.25, -0.2) is 4.98 Å². The van der Waals surface area contributed by atoms with Crippen LogP contribution in [0.25, 0.3) is 0 Å². The second kappa shape index (κ2) is 8.08. The minimum absolute atomic E-state index is 0.702. The van der Waals surface area contributed by atoms with E-state index in [4.69, 9.17) is 4.98 Å². The van der Waals surface area contributed by atoms with Gasteiger partial charge in [0.25, 0.3) is 0 Å². The maximum absolute atomic E-state index is 4.76. The predicted molar refractivity (Wildman–Crippen MR) is 86.1 cm³/mol. The van der Waals surface area contributed by atoms with Crippen molar-refractivity contribution in [3.8, 4) is 0 Å². The summed E-state index contributed by atoms with van der Waals surface area (Å²) in [4.78, 5) is 9.65. The van der Waals surface area contributed by atoms with Crippen LogP contribution in [0, 0.1) is 0 Å². The average molecular weight is 296 g/mol. The van der Waals surface area contributed by atoms with Crippen LogP contribution in [0.1, 0.15) is 36.9 Å². The van der Waals surface area contributed by atoms with Crippen LogP contribution in [0.5, 0.6) is 0 Å². The molecule has 20 heavy (non-hydrogen) atoms. The highest BCUT2D eigenvalue weighted by atomic mass is 32.1. The molecule has 2 heterocycles. The summed E-state index contributed by atoms with van der Waals surface area (Å²) in [6, 6.07) is 0.702. The summed E-state index contributed by atoms with van der Waals surface area (Å²) < 4.78 is 0. The van der Waals surface area contributed by atoms with E-state index in [-0.39, 0.29) is 0 Å². The third-order valence-electron chi connectivity index (χ3n) is 3.74. The molecule has 114 valence electrons. The zero-order chi connectivity index (χ0) is 14.4. The summed E-state index contributed by atoms with van der Waals surface area (Å²) in [6.07, 6.45) is 3.83. The van der Waals surface area contributed by atoms with Crippen LogP contribution in [-0.4, -0.2) is 54.6 Å². The van der Waals surface area contributed by atoms with Gasteiger partial charge in [-0.05, 0) is 46.4 Å². The van der Waals surface area contributed by atoms with Gasteiger partial charge < -0.3 is 10.2 Å². The van der Waals surface area contributed by atoms with Crippen LogP contribution >= 0.6 is 11.3 Å². The van der Waals surface area contributed by atoms with Crippen molar-refractivity contribution in [1.82, 2.24) is 20.1 Å². The molecule has 1 aliphatic rings. The largest absolute Gasteiger partial charge is 0.310 e. The molecule has 0 bridgehead atoms. The van der Waals surface area contributed by atoms with Crippen molar-refractivity contribution >= 4 is 11.3 Å². The van der Waals surface area contributed by atoms with E-state index in [1.807, 2.05) is 0 Å². The highest BCUT2D eigenvalue weighted by Crippen LogP contribution is 2.21. The molecule has 1 atom stereocenters. The molecule has 1 aromatic rings. The number of hydrogen-bond acceptors (Lipinski definition) is 5. The van der Waals surface area contributed by atoms with Crippen LogP contribution in [0.3, 0.4) is 0 Å². The summed E-state index contributed by atoms with van der Waals surface area (Å²) in [5.74, 6) is 0. The second-order valence-corrected chi connectivity index (χ2v) is 6.88.